The van der Waals surface area contributed by atoms with Crippen molar-refractivity contribution in [2.24, 2.45) is 0 Å². The van der Waals surface area contributed by atoms with Crippen LogP contribution in [0.3, 0.4) is 0 Å². The average molecular weight is 376 g/mol. The molecule has 0 spiro atoms. The summed E-state index contributed by atoms with van der Waals surface area (Å²) in [5.41, 5.74) is 1.55. The summed E-state index contributed by atoms with van der Waals surface area (Å²) in [5, 5.41) is 0. The molecule has 0 N–H and O–H groups in total. The van der Waals surface area contributed by atoms with Crippen molar-refractivity contribution >= 4 is 23.2 Å². The largest absolute Gasteiger partial charge is 0.416 e. The minimum absolute atomic E-state index is 0.0922. The van der Waals surface area contributed by atoms with Crippen molar-refractivity contribution in [3.8, 4) is 0 Å². The topological polar surface area (TPSA) is 40.6 Å². The molecule has 7 heteroatoms. The Morgan fingerprint density at radius 3 is 2.37 bits per heavy atom. The number of carbonyl (C=O) groups excluding carboxylic acids is 2. The van der Waals surface area contributed by atoms with Crippen molar-refractivity contribution in [2.45, 2.75) is 25.9 Å². The quantitative estimate of drug-likeness (QED) is 0.808. The fourth-order valence-electron chi connectivity index (χ4n) is 3.24. The molecule has 0 saturated heterocycles. The molecule has 1 aliphatic heterocycles. The molecule has 0 radical (unpaired) electrons. The number of alkyl halides is 3. The molecule has 0 aromatic heterocycles. The molecule has 0 fully saturated rings. The Morgan fingerprint density at radius 2 is 1.74 bits per heavy atom. The standard InChI is InChI=1S/C20H19F3N2O2/c1-14(26)24(17-8-6-16(7-9-17)20(21,22)23)13-11-19(27)25-12-10-15-4-2-3-5-18(15)25/h2-9H,10-13H2,1H3. The van der Waals surface area contributed by atoms with E-state index >= 15 is 0 Å². The van der Waals surface area contributed by atoms with Gasteiger partial charge in [0.1, 0.15) is 0 Å². The normalized spacial score (nSPS) is 13.4. The Morgan fingerprint density at radius 1 is 1.07 bits per heavy atom. The number of hydrogen-bond acceptors (Lipinski definition) is 2. The zero-order chi connectivity index (χ0) is 19.6. The molecule has 2 aromatic rings. The summed E-state index contributed by atoms with van der Waals surface area (Å²) in [7, 11) is 0. The first-order chi connectivity index (χ1) is 12.8. The molecule has 2 amide bonds. The van der Waals surface area contributed by atoms with Gasteiger partial charge in [-0.2, -0.15) is 13.2 Å². The van der Waals surface area contributed by atoms with E-state index in [9.17, 15) is 22.8 Å². The Hall–Kier alpha value is -2.83. The van der Waals surface area contributed by atoms with E-state index in [4.69, 9.17) is 0 Å². The number of anilines is 2. The number of fused-ring (bicyclic) bond motifs is 1. The summed E-state index contributed by atoms with van der Waals surface area (Å²) >= 11 is 0. The van der Waals surface area contributed by atoms with Gasteiger partial charge in [-0.25, -0.2) is 0 Å². The van der Waals surface area contributed by atoms with Crippen LogP contribution in [0.1, 0.15) is 24.5 Å². The molecule has 0 unspecified atom stereocenters. The molecule has 0 atom stereocenters. The number of para-hydroxylation sites is 1. The van der Waals surface area contributed by atoms with Crippen molar-refractivity contribution in [1.29, 1.82) is 0 Å². The fraction of sp³-hybridized carbons (Fsp3) is 0.300. The highest BCUT2D eigenvalue weighted by molar-refractivity contribution is 5.97. The second-order valence-corrected chi connectivity index (χ2v) is 6.39. The maximum Gasteiger partial charge on any atom is 0.416 e. The summed E-state index contributed by atoms with van der Waals surface area (Å²) in [6, 6.07) is 12.0. The van der Waals surface area contributed by atoms with Crippen LogP contribution >= 0.6 is 0 Å². The van der Waals surface area contributed by atoms with E-state index in [-0.39, 0.29) is 24.8 Å². The summed E-state index contributed by atoms with van der Waals surface area (Å²) < 4.78 is 38.1. The van der Waals surface area contributed by atoms with Gasteiger partial charge in [0.15, 0.2) is 0 Å². The van der Waals surface area contributed by atoms with Gasteiger partial charge in [-0.15, -0.1) is 0 Å². The zero-order valence-corrected chi connectivity index (χ0v) is 14.8. The second-order valence-electron chi connectivity index (χ2n) is 6.39. The molecular weight excluding hydrogens is 357 g/mol. The highest BCUT2D eigenvalue weighted by atomic mass is 19.4. The first kappa shape index (κ1) is 18.9. The molecule has 3 rings (SSSR count). The molecule has 0 aliphatic carbocycles. The van der Waals surface area contributed by atoms with Gasteiger partial charge in [-0.3, -0.25) is 9.59 Å². The number of amides is 2. The van der Waals surface area contributed by atoms with Crippen molar-refractivity contribution in [3.63, 3.8) is 0 Å². The van der Waals surface area contributed by atoms with Crippen LogP contribution in [0.4, 0.5) is 24.5 Å². The molecule has 2 aromatic carbocycles. The SMILES string of the molecule is CC(=O)N(CCC(=O)N1CCc2ccccc21)c1ccc(C(F)(F)F)cc1. The van der Waals surface area contributed by atoms with E-state index in [1.165, 1.54) is 24.0 Å². The minimum atomic E-state index is -4.43. The van der Waals surface area contributed by atoms with Crippen LogP contribution in [0.15, 0.2) is 48.5 Å². The maximum absolute atomic E-state index is 12.7. The molecule has 1 aliphatic rings. The van der Waals surface area contributed by atoms with E-state index in [0.29, 0.717) is 12.2 Å². The van der Waals surface area contributed by atoms with Crippen molar-refractivity contribution < 1.29 is 22.8 Å². The van der Waals surface area contributed by atoms with Gasteiger partial charge in [-0.1, -0.05) is 18.2 Å². The van der Waals surface area contributed by atoms with Crippen LogP contribution < -0.4 is 9.80 Å². The lowest BCUT2D eigenvalue weighted by Crippen LogP contribution is -2.35. The Balaban J connectivity index is 1.69. The van der Waals surface area contributed by atoms with Crippen LogP contribution in [0, 0.1) is 0 Å². The Kier molecular flexibility index (Phi) is 5.21. The third-order valence-electron chi connectivity index (χ3n) is 4.62. The van der Waals surface area contributed by atoms with Gasteiger partial charge in [-0.05, 0) is 42.3 Å². The summed E-state index contributed by atoms with van der Waals surface area (Å²) in [6.45, 7) is 2.03. The molecular formula is C20H19F3N2O2. The van der Waals surface area contributed by atoms with Gasteiger partial charge >= 0.3 is 6.18 Å². The third-order valence-corrected chi connectivity index (χ3v) is 4.62. The number of hydrogen-bond donors (Lipinski definition) is 0. The van der Waals surface area contributed by atoms with E-state index < -0.39 is 11.7 Å². The smallest absolute Gasteiger partial charge is 0.312 e. The van der Waals surface area contributed by atoms with Crippen LogP contribution in [-0.4, -0.2) is 24.9 Å². The fourth-order valence-corrected chi connectivity index (χ4v) is 3.24. The van der Waals surface area contributed by atoms with Crippen LogP contribution in [0.2, 0.25) is 0 Å². The summed E-state index contributed by atoms with van der Waals surface area (Å²) in [4.78, 5) is 27.5. The van der Waals surface area contributed by atoms with Gasteiger partial charge < -0.3 is 9.80 Å². The first-order valence-corrected chi connectivity index (χ1v) is 8.61. The van der Waals surface area contributed by atoms with E-state index in [2.05, 4.69) is 0 Å². The van der Waals surface area contributed by atoms with E-state index in [0.717, 1.165) is 29.8 Å². The predicted molar refractivity (Wildman–Crippen MR) is 96.6 cm³/mol. The van der Waals surface area contributed by atoms with Crippen LogP contribution in [-0.2, 0) is 22.2 Å². The molecule has 4 nitrogen and oxygen atoms in total. The van der Waals surface area contributed by atoms with Gasteiger partial charge in [0.05, 0.1) is 5.56 Å². The van der Waals surface area contributed by atoms with Crippen molar-refractivity contribution in [3.05, 3.63) is 59.7 Å². The molecule has 142 valence electrons. The molecule has 0 saturated carbocycles. The van der Waals surface area contributed by atoms with Crippen LogP contribution in [0.25, 0.3) is 0 Å². The van der Waals surface area contributed by atoms with E-state index in [1.807, 2.05) is 24.3 Å². The Labute approximate surface area is 155 Å². The first-order valence-electron chi connectivity index (χ1n) is 8.61. The zero-order valence-electron chi connectivity index (χ0n) is 14.8. The second kappa shape index (κ2) is 7.42. The number of benzene rings is 2. The lowest BCUT2D eigenvalue weighted by Gasteiger charge is -2.23. The Bertz CT molecular complexity index is 847. The number of halogens is 3. The highest BCUT2D eigenvalue weighted by Gasteiger charge is 2.30. The lowest BCUT2D eigenvalue weighted by molar-refractivity contribution is -0.137. The van der Waals surface area contributed by atoms with Gasteiger partial charge in [0.25, 0.3) is 0 Å². The monoisotopic (exact) mass is 376 g/mol. The minimum Gasteiger partial charge on any atom is -0.312 e. The number of carbonyl (C=O) groups is 2. The molecule has 1 heterocycles. The predicted octanol–water partition coefficient (Wildman–Crippen LogP) is 4.04. The average Bonchev–Trinajstić information content (AvgIpc) is 3.05. The van der Waals surface area contributed by atoms with Crippen molar-refractivity contribution in [2.75, 3.05) is 22.9 Å². The van der Waals surface area contributed by atoms with Gasteiger partial charge in [0, 0.05) is 37.8 Å². The lowest BCUT2D eigenvalue weighted by atomic mass is 10.1. The maximum atomic E-state index is 12.7. The molecule has 27 heavy (non-hydrogen) atoms. The van der Waals surface area contributed by atoms with Gasteiger partial charge in [0.2, 0.25) is 11.8 Å². The molecule has 0 bridgehead atoms. The number of rotatable bonds is 4. The third kappa shape index (κ3) is 4.13. The van der Waals surface area contributed by atoms with Crippen LogP contribution in [0.5, 0.6) is 0 Å². The highest BCUT2D eigenvalue weighted by Crippen LogP contribution is 2.31. The van der Waals surface area contributed by atoms with E-state index in [1.54, 1.807) is 4.90 Å². The summed E-state index contributed by atoms with van der Waals surface area (Å²) in [5.74, 6) is -0.442. The van der Waals surface area contributed by atoms with Crippen molar-refractivity contribution in [1.82, 2.24) is 0 Å². The summed E-state index contributed by atoms with van der Waals surface area (Å²) in [6.07, 6.45) is -3.55. The number of nitrogens with zero attached hydrogens (tertiary/aromatic N) is 2.